The van der Waals surface area contributed by atoms with Crippen LogP contribution in [0.4, 0.5) is 5.13 Å². The molecule has 1 N–H and O–H groups in total. The van der Waals surface area contributed by atoms with Crippen LogP contribution in [-0.4, -0.2) is 16.5 Å². The van der Waals surface area contributed by atoms with Crippen LogP contribution >= 0.6 is 22.7 Å². The molecule has 20 heavy (non-hydrogen) atoms. The molecule has 3 rings (SSSR count). The van der Waals surface area contributed by atoms with Crippen LogP contribution in [0.3, 0.4) is 0 Å². The molecule has 0 unspecified atom stereocenters. The summed E-state index contributed by atoms with van der Waals surface area (Å²) in [5.74, 6) is 0. The highest BCUT2D eigenvalue weighted by molar-refractivity contribution is 7.19. The fourth-order valence-electron chi connectivity index (χ4n) is 1.84. The van der Waals surface area contributed by atoms with Crippen LogP contribution in [0.15, 0.2) is 35.8 Å². The van der Waals surface area contributed by atoms with E-state index in [9.17, 15) is 0 Å². The molecule has 1 aromatic carbocycles. The molecule has 0 atom stereocenters. The van der Waals surface area contributed by atoms with Crippen molar-refractivity contribution in [3.05, 3.63) is 41.4 Å². The van der Waals surface area contributed by atoms with Gasteiger partial charge in [-0.3, -0.25) is 0 Å². The summed E-state index contributed by atoms with van der Waals surface area (Å²) in [6.45, 7) is 5.06. The van der Waals surface area contributed by atoms with Gasteiger partial charge in [0.05, 0.1) is 10.6 Å². The first-order valence-electron chi connectivity index (χ1n) is 6.49. The van der Waals surface area contributed by atoms with E-state index >= 15 is 0 Å². The number of aryl methyl sites for hydroxylation is 1. The number of hydrogen-bond donors (Lipinski definition) is 1. The lowest BCUT2D eigenvalue weighted by molar-refractivity contribution is 1.19. The molecule has 0 spiro atoms. The Labute approximate surface area is 126 Å². The summed E-state index contributed by atoms with van der Waals surface area (Å²) in [5, 5.41) is 7.31. The zero-order valence-electron chi connectivity index (χ0n) is 11.4. The standard InChI is InChI=1S/C15H15N3S2/c1-3-16-15-18-12(9-19-15)13-8-17-14(20-13)11-6-4-10(2)5-7-11/h4-9H,3H2,1-2H3,(H,16,18). The Morgan fingerprint density at radius 2 is 2.00 bits per heavy atom. The average Bonchev–Trinajstić information content (AvgIpc) is 3.08. The van der Waals surface area contributed by atoms with Crippen molar-refractivity contribution in [2.75, 3.05) is 11.9 Å². The molecule has 0 amide bonds. The Morgan fingerprint density at radius 1 is 1.20 bits per heavy atom. The number of hydrogen-bond acceptors (Lipinski definition) is 5. The molecule has 0 saturated heterocycles. The van der Waals surface area contributed by atoms with Crippen LogP contribution in [0.5, 0.6) is 0 Å². The lowest BCUT2D eigenvalue weighted by Crippen LogP contribution is -1.94. The third-order valence-corrected chi connectivity index (χ3v) is 4.76. The molecule has 0 radical (unpaired) electrons. The summed E-state index contributed by atoms with van der Waals surface area (Å²) in [6, 6.07) is 8.46. The fraction of sp³-hybridized carbons (Fsp3) is 0.200. The lowest BCUT2D eigenvalue weighted by Gasteiger charge is -1.96. The zero-order chi connectivity index (χ0) is 13.9. The molecule has 5 heteroatoms. The van der Waals surface area contributed by atoms with Crippen molar-refractivity contribution in [3.63, 3.8) is 0 Å². The van der Waals surface area contributed by atoms with Crippen molar-refractivity contribution in [1.29, 1.82) is 0 Å². The molecule has 0 bridgehead atoms. The molecule has 3 nitrogen and oxygen atoms in total. The summed E-state index contributed by atoms with van der Waals surface area (Å²) >= 11 is 3.31. The monoisotopic (exact) mass is 301 g/mol. The van der Waals surface area contributed by atoms with Gasteiger partial charge in [-0.1, -0.05) is 29.8 Å². The third-order valence-electron chi connectivity index (χ3n) is 2.89. The number of thiazole rings is 2. The first kappa shape index (κ1) is 13.3. The van der Waals surface area contributed by atoms with Gasteiger partial charge in [-0.15, -0.1) is 22.7 Å². The van der Waals surface area contributed by atoms with Crippen LogP contribution in [0.25, 0.3) is 21.1 Å². The summed E-state index contributed by atoms with van der Waals surface area (Å²) in [5.41, 5.74) is 3.43. The summed E-state index contributed by atoms with van der Waals surface area (Å²) in [4.78, 5) is 10.2. The zero-order valence-corrected chi connectivity index (χ0v) is 13.0. The summed E-state index contributed by atoms with van der Waals surface area (Å²) < 4.78 is 0. The van der Waals surface area contributed by atoms with Gasteiger partial charge in [0.1, 0.15) is 5.01 Å². The quantitative estimate of drug-likeness (QED) is 0.760. The Balaban J connectivity index is 1.87. The normalized spacial score (nSPS) is 10.7. The Hall–Kier alpha value is -1.72. The van der Waals surface area contributed by atoms with Crippen molar-refractivity contribution >= 4 is 27.8 Å². The molecule has 2 aromatic heterocycles. The molecule has 0 saturated carbocycles. The second-order valence-corrected chi connectivity index (χ2v) is 6.35. The number of nitrogens with one attached hydrogen (secondary N) is 1. The SMILES string of the molecule is CCNc1nc(-c2cnc(-c3ccc(C)cc3)s2)cs1. The number of rotatable bonds is 4. The van der Waals surface area contributed by atoms with Crippen molar-refractivity contribution in [1.82, 2.24) is 9.97 Å². The van der Waals surface area contributed by atoms with E-state index in [2.05, 4.69) is 58.8 Å². The van der Waals surface area contributed by atoms with Crippen LogP contribution in [0.1, 0.15) is 12.5 Å². The van der Waals surface area contributed by atoms with Gasteiger partial charge in [0.2, 0.25) is 0 Å². The molecule has 0 fully saturated rings. The third kappa shape index (κ3) is 2.73. The van der Waals surface area contributed by atoms with E-state index in [1.807, 2.05) is 6.20 Å². The largest absolute Gasteiger partial charge is 0.362 e. The Bertz CT molecular complexity index is 698. The van der Waals surface area contributed by atoms with Gasteiger partial charge in [-0.2, -0.15) is 0 Å². The van der Waals surface area contributed by atoms with Crippen LogP contribution in [0.2, 0.25) is 0 Å². The molecular formula is C15H15N3S2. The maximum absolute atomic E-state index is 4.57. The minimum absolute atomic E-state index is 0.893. The summed E-state index contributed by atoms with van der Waals surface area (Å²) in [6.07, 6.45) is 1.91. The number of aromatic nitrogens is 2. The Kier molecular flexibility index (Phi) is 3.80. The van der Waals surface area contributed by atoms with E-state index in [-0.39, 0.29) is 0 Å². The molecule has 0 aliphatic carbocycles. The molecular weight excluding hydrogens is 286 g/mol. The van der Waals surface area contributed by atoms with E-state index in [1.165, 1.54) is 5.56 Å². The Morgan fingerprint density at radius 3 is 2.75 bits per heavy atom. The van der Waals surface area contributed by atoms with Crippen molar-refractivity contribution in [2.24, 2.45) is 0 Å². The van der Waals surface area contributed by atoms with Crippen LogP contribution < -0.4 is 5.32 Å². The second kappa shape index (κ2) is 5.73. The van der Waals surface area contributed by atoms with Gasteiger partial charge in [-0.25, -0.2) is 9.97 Å². The van der Waals surface area contributed by atoms with Gasteiger partial charge in [0.25, 0.3) is 0 Å². The topological polar surface area (TPSA) is 37.8 Å². The maximum atomic E-state index is 4.57. The van der Waals surface area contributed by atoms with E-state index in [0.717, 1.165) is 32.8 Å². The highest BCUT2D eigenvalue weighted by atomic mass is 32.1. The first-order valence-corrected chi connectivity index (χ1v) is 8.18. The molecule has 102 valence electrons. The predicted octanol–water partition coefficient (Wildman–Crippen LogP) is 4.67. The van der Waals surface area contributed by atoms with E-state index in [0.29, 0.717) is 0 Å². The van der Waals surface area contributed by atoms with Gasteiger partial charge < -0.3 is 5.32 Å². The highest BCUT2D eigenvalue weighted by Gasteiger charge is 2.09. The average molecular weight is 301 g/mol. The summed E-state index contributed by atoms with van der Waals surface area (Å²) in [7, 11) is 0. The van der Waals surface area contributed by atoms with E-state index in [4.69, 9.17) is 0 Å². The number of benzene rings is 1. The van der Waals surface area contributed by atoms with Crippen molar-refractivity contribution in [2.45, 2.75) is 13.8 Å². The smallest absolute Gasteiger partial charge is 0.183 e. The molecule has 2 heterocycles. The van der Waals surface area contributed by atoms with Gasteiger partial charge in [-0.05, 0) is 13.8 Å². The van der Waals surface area contributed by atoms with Crippen molar-refractivity contribution in [3.8, 4) is 21.1 Å². The maximum Gasteiger partial charge on any atom is 0.183 e. The van der Waals surface area contributed by atoms with Crippen molar-refractivity contribution < 1.29 is 0 Å². The number of nitrogens with zero attached hydrogens (tertiary/aromatic N) is 2. The minimum atomic E-state index is 0.893. The van der Waals surface area contributed by atoms with E-state index < -0.39 is 0 Å². The highest BCUT2D eigenvalue weighted by Crippen LogP contribution is 2.33. The molecule has 0 aliphatic heterocycles. The van der Waals surface area contributed by atoms with Gasteiger partial charge in [0.15, 0.2) is 5.13 Å². The molecule has 3 aromatic rings. The van der Waals surface area contributed by atoms with Gasteiger partial charge >= 0.3 is 0 Å². The van der Waals surface area contributed by atoms with Crippen LogP contribution in [0, 0.1) is 6.92 Å². The van der Waals surface area contributed by atoms with E-state index in [1.54, 1.807) is 22.7 Å². The number of anilines is 1. The van der Waals surface area contributed by atoms with Gasteiger partial charge in [0, 0.05) is 23.7 Å². The minimum Gasteiger partial charge on any atom is -0.362 e. The van der Waals surface area contributed by atoms with Crippen LogP contribution in [-0.2, 0) is 0 Å². The second-order valence-electron chi connectivity index (χ2n) is 4.46. The predicted molar refractivity (Wildman–Crippen MR) is 87.6 cm³/mol. The molecule has 0 aliphatic rings. The fourth-order valence-corrected chi connectivity index (χ4v) is 3.58. The lowest BCUT2D eigenvalue weighted by atomic mass is 10.2. The first-order chi connectivity index (χ1) is 9.76.